The molecule has 5 aromatic rings. The Bertz CT molecular complexity index is 1940. The third-order valence-corrected chi connectivity index (χ3v) is 9.73. The Labute approximate surface area is 286 Å². The number of esters is 1. The van der Waals surface area contributed by atoms with Gasteiger partial charge >= 0.3 is 5.97 Å². The smallest absolute Gasteiger partial charge is 0.355 e. The standard InChI is InChI=1S/C39H45FN4O5/c1-3-48-39(45)38-32(12-8-22-49-35-13-6-9-28-25-29(40)14-15-30(28)35)31-10-7-11-33-36-27(2)44(18-17-42-19-23-46-24-20-42)41-34(36)26-47-21-5-4-16-43(38)37(31)33/h6-7,9-11,13-15,25H,3-5,8,12,16-24,26H2,1-2H3. The molecule has 4 heterocycles. The van der Waals surface area contributed by atoms with Gasteiger partial charge in [-0.2, -0.15) is 5.10 Å². The fourth-order valence-electron chi connectivity index (χ4n) is 7.35. The minimum absolute atomic E-state index is 0.270. The van der Waals surface area contributed by atoms with Crippen molar-refractivity contribution < 1.29 is 28.1 Å². The van der Waals surface area contributed by atoms with Gasteiger partial charge in [0.05, 0.1) is 50.8 Å². The minimum Gasteiger partial charge on any atom is -0.493 e. The van der Waals surface area contributed by atoms with Crippen molar-refractivity contribution in [2.45, 2.75) is 59.2 Å². The SMILES string of the molecule is CCOC(=O)c1c(CCCOc2cccc3cc(F)ccc23)c2cccc3c2n1CCCCOCc1nn(CCN2CCOCC2)c(C)c1-3. The van der Waals surface area contributed by atoms with Gasteiger partial charge in [-0.3, -0.25) is 9.58 Å². The molecule has 2 aliphatic rings. The average molecular weight is 669 g/mol. The van der Waals surface area contributed by atoms with Crippen LogP contribution in [0.15, 0.2) is 54.6 Å². The minimum atomic E-state index is -0.305. The van der Waals surface area contributed by atoms with Crippen molar-refractivity contribution in [3.63, 3.8) is 0 Å². The van der Waals surface area contributed by atoms with Crippen LogP contribution in [0.5, 0.6) is 5.75 Å². The molecule has 49 heavy (non-hydrogen) atoms. The van der Waals surface area contributed by atoms with Crippen LogP contribution in [0.4, 0.5) is 4.39 Å². The summed E-state index contributed by atoms with van der Waals surface area (Å²) in [5.74, 6) is 0.145. The van der Waals surface area contributed by atoms with Crippen LogP contribution in [0.2, 0.25) is 0 Å². The summed E-state index contributed by atoms with van der Waals surface area (Å²) in [6.45, 7) is 11.6. The first-order valence-corrected chi connectivity index (χ1v) is 17.6. The van der Waals surface area contributed by atoms with Gasteiger partial charge in [0, 0.05) is 60.4 Å². The maximum Gasteiger partial charge on any atom is 0.355 e. The highest BCUT2D eigenvalue weighted by Crippen LogP contribution is 2.39. The Balaban J connectivity index is 1.25. The van der Waals surface area contributed by atoms with Crippen molar-refractivity contribution in [3.05, 3.63) is 83.1 Å². The lowest BCUT2D eigenvalue weighted by Gasteiger charge is -2.26. The monoisotopic (exact) mass is 668 g/mol. The van der Waals surface area contributed by atoms with E-state index in [1.165, 1.54) is 12.1 Å². The first kappa shape index (κ1) is 33.3. The van der Waals surface area contributed by atoms with Crippen LogP contribution in [0.3, 0.4) is 0 Å². The number of hydrogen-bond acceptors (Lipinski definition) is 7. The number of morpholine rings is 1. The van der Waals surface area contributed by atoms with E-state index in [1.807, 2.05) is 25.1 Å². The van der Waals surface area contributed by atoms with Crippen LogP contribution in [0, 0.1) is 12.7 Å². The number of hydrogen-bond donors (Lipinski definition) is 0. The number of halogens is 1. The molecule has 1 saturated heterocycles. The van der Waals surface area contributed by atoms with Gasteiger partial charge in [0.1, 0.15) is 17.3 Å². The summed E-state index contributed by atoms with van der Waals surface area (Å²) in [5, 5.41) is 7.83. The molecule has 1 fully saturated rings. The average Bonchev–Trinajstić information content (AvgIpc) is 3.59. The lowest BCUT2D eigenvalue weighted by molar-refractivity contribution is 0.0358. The van der Waals surface area contributed by atoms with E-state index < -0.39 is 0 Å². The largest absolute Gasteiger partial charge is 0.493 e. The number of nitrogens with zero attached hydrogens (tertiary/aromatic N) is 4. The van der Waals surface area contributed by atoms with E-state index in [9.17, 15) is 9.18 Å². The Morgan fingerprint density at radius 3 is 2.67 bits per heavy atom. The van der Waals surface area contributed by atoms with E-state index in [2.05, 4.69) is 39.3 Å². The molecule has 0 radical (unpaired) electrons. The molecule has 0 N–H and O–H groups in total. The molecule has 9 nitrogen and oxygen atoms in total. The van der Waals surface area contributed by atoms with E-state index in [0.717, 1.165) is 108 Å². The third-order valence-electron chi connectivity index (χ3n) is 9.73. The molecule has 258 valence electrons. The number of rotatable bonds is 10. The summed E-state index contributed by atoms with van der Waals surface area (Å²) in [4.78, 5) is 16.2. The zero-order valence-electron chi connectivity index (χ0n) is 28.5. The highest BCUT2D eigenvalue weighted by Gasteiger charge is 2.28. The first-order valence-electron chi connectivity index (χ1n) is 17.6. The maximum atomic E-state index is 13.8. The third kappa shape index (κ3) is 6.95. The fraction of sp³-hybridized carbons (Fsp3) is 0.436. The van der Waals surface area contributed by atoms with Gasteiger partial charge in [-0.15, -0.1) is 0 Å². The zero-order valence-corrected chi connectivity index (χ0v) is 28.5. The summed E-state index contributed by atoms with van der Waals surface area (Å²) in [5.41, 5.74) is 6.78. The van der Waals surface area contributed by atoms with Crippen molar-refractivity contribution in [1.29, 1.82) is 0 Å². The number of aryl methyl sites for hydroxylation is 2. The fourth-order valence-corrected chi connectivity index (χ4v) is 7.35. The second kappa shape index (κ2) is 15.1. The second-order valence-corrected chi connectivity index (χ2v) is 12.8. The number of aromatic nitrogens is 3. The number of carbonyl (C=O) groups is 1. The van der Waals surface area contributed by atoms with E-state index in [1.54, 1.807) is 6.07 Å². The molecule has 7 rings (SSSR count). The normalized spacial score (nSPS) is 15.7. The number of carbonyl (C=O) groups excluding carboxylic acids is 1. The Kier molecular flexibility index (Phi) is 10.3. The molecular weight excluding hydrogens is 623 g/mol. The van der Waals surface area contributed by atoms with Crippen molar-refractivity contribution in [2.24, 2.45) is 0 Å². The highest BCUT2D eigenvalue weighted by molar-refractivity contribution is 6.05. The number of ether oxygens (including phenoxy) is 4. The number of fused-ring (bicyclic) bond motifs is 3. The molecule has 10 heteroatoms. The lowest BCUT2D eigenvalue weighted by Crippen LogP contribution is -2.38. The van der Waals surface area contributed by atoms with Gasteiger partial charge in [0.2, 0.25) is 0 Å². The van der Waals surface area contributed by atoms with Crippen molar-refractivity contribution >= 4 is 27.6 Å². The summed E-state index contributed by atoms with van der Waals surface area (Å²) >= 11 is 0. The predicted octanol–water partition coefficient (Wildman–Crippen LogP) is 6.94. The van der Waals surface area contributed by atoms with Crippen LogP contribution in [0.25, 0.3) is 32.8 Å². The van der Waals surface area contributed by atoms with Crippen molar-refractivity contribution in [2.75, 3.05) is 52.7 Å². The first-order chi connectivity index (χ1) is 24.0. The molecule has 3 aromatic carbocycles. The van der Waals surface area contributed by atoms with Gasteiger partial charge in [-0.25, -0.2) is 9.18 Å². The molecular formula is C39H45FN4O5. The Morgan fingerprint density at radius 2 is 1.82 bits per heavy atom. The molecule has 0 unspecified atom stereocenters. The van der Waals surface area contributed by atoms with E-state index in [0.29, 0.717) is 51.5 Å². The topological polar surface area (TPSA) is 80.0 Å². The summed E-state index contributed by atoms with van der Waals surface area (Å²) in [7, 11) is 0. The van der Waals surface area contributed by atoms with E-state index in [4.69, 9.17) is 24.0 Å². The van der Waals surface area contributed by atoms with Crippen molar-refractivity contribution in [1.82, 2.24) is 19.2 Å². The van der Waals surface area contributed by atoms with Gasteiger partial charge < -0.3 is 23.5 Å². The van der Waals surface area contributed by atoms with Crippen LogP contribution in [-0.2, 0) is 40.3 Å². The molecule has 0 amide bonds. The summed E-state index contributed by atoms with van der Waals surface area (Å²) in [6, 6.07) is 16.8. The second-order valence-electron chi connectivity index (χ2n) is 12.8. The van der Waals surface area contributed by atoms with E-state index in [-0.39, 0.29) is 11.8 Å². The van der Waals surface area contributed by atoms with Crippen LogP contribution < -0.4 is 4.74 Å². The molecule has 0 atom stereocenters. The summed E-state index contributed by atoms with van der Waals surface area (Å²) in [6.07, 6.45) is 3.05. The van der Waals surface area contributed by atoms with Gasteiger partial charge in [0.15, 0.2) is 0 Å². The Morgan fingerprint density at radius 1 is 0.959 bits per heavy atom. The zero-order chi connectivity index (χ0) is 33.7. The molecule has 0 aliphatic carbocycles. The Hall–Kier alpha value is -4.25. The van der Waals surface area contributed by atoms with Crippen LogP contribution in [-0.4, -0.2) is 77.9 Å². The maximum absolute atomic E-state index is 13.8. The molecule has 0 bridgehead atoms. The molecule has 0 saturated carbocycles. The molecule has 2 aliphatic heterocycles. The van der Waals surface area contributed by atoms with Crippen LogP contribution in [0.1, 0.15) is 53.6 Å². The molecule has 2 aromatic heterocycles. The predicted molar refractivity (Wildman–Crippen MR) is 188 cm³/mol. The van der Waals surface area contributed by atoms with Crippen LogP contribution >= 0.6 is 0 Å². The number of para-hydroxylation sites is 1. The summed E-state index contributed by atoms with van der Waals surface area (Å²) < 4.78 is 41.8. The van der Waals surface area contributed by atoms with Gasteiger partial charge in [-0.1, -0.05) is 30.3 Å². The van der Waals surface area contributed by atoms with Crippen molar-refractivity contribution in [3.8, 4) is 16.9 Å². The van der Waals surface area contributed by atoms with Gasteiger partial charge in [0.25, 0.3) is 0 Å². The highest BCUT2D eigenvalue weighted by atomic mass is 19.1. The number of benzene rings is 3. The quantitative estimate of drug-likeness (QED) is 0.118. The van der Waals surface area contributed by atoms with E-state index >= 15 is 0 Å². The lowest BCUT2D eigenvalue weighted by atomic mass is 9.98. The van der Waals surface area contributed by atoms with Gasteiger partial charge in [-0.05, 0) is 74.7 Å². The molecule has 0 spiro atoms.